The summed E-state index contributed by atoms with van der Waals surface area (Å²) >= 11 is 0. The minimum atomic E-state index is 0.935. The molecule has 6 aromatic heterocycles. The summed E-state index contributed by atoms with van der Waals surface area (Å²) in [5, 5.41) is 8.09. The predicted molar refractivity (Wildman–Crippen MR) is 103 cm³/mol. The van der Waals surface area contributed by atoms with Gasteiger partial charge in [0.15, 0.2) is 0 Å². The minimum Gasteiger partial charge on any atom is -0.290 e. The summed E-state index contributed by atoms with van der Waals surface area (Å²) in [6.45, 7) is 0. The molecule has 0 N–H and O–H groups in total. The van der Waals surface area contributed by atoms with Gasteiger partial charge in [0.1, 0.15) is 12.0 Å². The lowest BCUT2D eigenvalue weighted by Crippen LogP contribution is -1.84. The molecule has 0 aromatic carbocycles. The first-order valence-corrected chi connectivity index (χ1v) is 8.39. The molecule has 0 amide bonds. The second-order valence-electron chi connectivity index (χ2n) is 5.58. The molecule has 7 nitrogen and oxygen atoms in total. The van der Waals surface area contributed by atoms with E-state index >= 15 is 0 Å². The molecule has 0 aliphatic carbocycles. The third-order valence-corrected chi connectivity index (χ3v) is 3.81. The smallest absolute Gasteiger partial charge is 0.139 e. The summed E-state index contributed by atoms with van der Waals surface area (Å²) in [7, 11) is 0. The molecule has 0 radical (unpaired) electrons. The van der Waals surface area contributed by atoms with Crippen molar-refractivity contribution in [1.29, 1.82) is 0 Å². The Kier molecular flexibility index (Phi) is 4.83. The van der Waals surface area contributed by atoms with Crippen molar-refractivity contribution in [3.63, 3.8) is 0 Å². The lowest BCUT2D eigenvalue weighted by Gasteiger charge is -1.87. The van der Waals surface area contributed by atoms with Crippen LogP contribution in [-0.4, -0.2) is 33.6 Å². The molecule has 0 unspecified atom stereocenters. The molecule has 27 heavy (non-hydrogen) atoms. The van der Waals surface area contributed by atoms with Gasteiger partial charge in [-0.15, -0.1) is 0 Å². The zero-order valence-corrected chi connectivity index (χ0v) is 14.4. The highest BCUT2D eigenvalue weighted by molar-refractivity contribution is 5.45. The fourth-order valence-electron chi connectivity index (χ4n) is 2.51. The fraction of sp³-hybridized carbons (Fsp3) is 0. The molecule has 0 aliphatic rings. The van der Waals surface area contributed by atoms with Crippen LogP contribution >= 0.6 is 0 Å². The van der Waals surface area contributed by atoms with Gasteiger partial charge in [0, 0.05) is 43.4 Å². The molecular weight excluding hydrogens is 338 g/mol. The van der Waals surface area contributed by atoms with E-state index < -0.39 is 0 Å². The summed E-state index contributed by atoms with van der Waals surface area (Å²) < 4.78 is 5.53. The Morgan fingerprint density at radius 1 is 0.593 bits per heavy atom. The second kappa shape index (κ2) is 7.92. The lowest BCUT2D eigenvalue weighted by atomic mass is 10.4. The maximum Gasteiger partial charge on any atom is 0.139 e. The van der Waals surface area contributed by atoms with Crippen LogP contribution < -0.4 is 0 Å². The van der Waals surface area contributed by atoms with Gasteiger partial charge in [-0.3, -0.25) is 4.40 Å². The van der Waals surface area contributed by atoms with Gasteiger partial charge in [0.05, 0.1) is 11.0 Å². The Morgan fingerprint density at radius 3 is 2.26 bits per heavy atom. The molecule has 0 aliphatic heterocycles. The normalized spacial score (nSPS) is 10.2. The van der Waals surface area contributed by atoms with Crippen LogP contribution in [0.1, 0.15) is 0 Å². The van der Waals surface area contributed by atoms with Crippen molar-refractivity contribution < 1.29 is 0 Å². The van der Waals surface area contributed by atoms with Crippen LogP contribution in [0.25, 0.3) is 16.7 Å². The van der Waals surface area contributed by atoms with Crippen molar-refractivity contribution in [2.75, 3.05) is 0 Å². The van der Waals surface area contributed by atoms with Gasteiger partial charge in [-0.05, 0) is 48.5 Å². The maximum atomic E-state index is 4.06. The summed E-state index contributed by atoms with van der Waals surface area (Å²) in [6.07, 6.45) is 14.5. The third kappa shape index (κ3) is 3.98. The molecule has 0 fully saturated rings. The molecular formula is C20H17N7. The molecule has 6 heterocycles. The summed E-state index contributed by atoms with van der Waals surface area (Å²) in [6, 6.07) is 17.8. The van der Waals surface area contributed by atoms with Crippen LogP contribution in [0.3, 0.4) is 0 Å². The molecule has 7 heteroatoms. The van der Waals surface area contributed by atoms with Gasteiger partial charge in [-0.1, -0.05) is 6.07 Å². The van der Waals surface area contributed by atoms with E-state index in [0.29, 0.717) is 0 Å². The van der Waals surface area contributed by atoms with Crippen LogP contribution in [-0.2, 0) is 0 Å². The first-order valence-electron chi connectivity index (χ1n) is 8.39. The van der Waals surface area contributed by atoms with E-state index in [-0.39, 0.29) is 0 Å². The first-order chi connectivity index (χ1) is 13.4. The highest BCUT2D eigenvalue weighted by Crippen LogP contribution is 1.99. The first kappa shape index (κ1) is 16.5. The van der Waals surface area contributed by atoms with E-state index in [4.69, 9.17) is 0 Å². The Morgan fingerprint density at radius 2 is 1.37 bits per heavy atom. The van der Waals surface area contributed by atoms with Gasteiger partial charge < -0.3 is 0 Å². The summed E-state index contributed by atoms with van der Waals surface area (Å²) in [5.41, 5.74) is 3.21. The summed E-state index contributed by atoms with van der Waals surface area (Å²) in [5.74, 6) is 0. The van der Waals surface area contributed by atoms with Gasteiger partial charge >= 0.3 is 0 Å². The van der Waals surface area contributed by atoms with E-state index in [9.17, 15) is 0 Å². The quantitative estimate of drug-likeness (QED) is 0.419. The largest absolute Gasteiger partial charge is 0.290 e. The Labute approximate surface area is 155 Å². The number of hydrogen-bond donors (Lipinski definition) is 0. The Balaban J connectivity index is 0.0000001000. The van der Waals surface area contributed by atoms with Crippen LogP contribution in [0.4, 0.5) is 0 Å². The van der Waals surface area contributed by atoms with Crippen molar-refractivity contribution >= 4 is 16.7 Å². The zero-order valence-electron chi connectivity index (χ0n) is 14.4. The molecule has 132 valence electrons. The third-order valence-electron chi connectivity index (χ3n) is 3.81. The van der Waals surface area contributed by atoms with Crippen molar-refractivity contribution in [2.45, 2.75) is 0 Å². The fourth-order valence-corrected chi connectivity index (χ4v) is 2.51. The van der Waals surface area contributed by atoms with Crippen LogP contribution in [0.2, 0.25) is 0 Å². The van der Waals surface area contributed by atoms with E-state index in [1.54, 1.807) is 31.1 Å². The maximum absolute atomic E-state index is 4.06. The van der Waals surface area contributed by atoms with E-state index in [2.05, 4.69) is 20.2 Å². The topological polar surface area (TPSA) is 64.8 Å². The number of fused-ring (bicyclic) bond motifs is 3. The molecule has 6 rings (SSSR count). The van der Waals surface area contributed by atoms with Crippen LogP contribution in [0, 0.1) is 0 Å². The number of nitrogens with zero attached hydrogens (tertiary/aromatic N) is 7. The second-order valence-corrected chi connectivity index (χ2v) is 5.58. The highest BCUT2D eigenvalue weighted by atomic mass is 15.2. The van der Waals surface area contributed by atoms with Gasteiger partial charge in [0.2, 0.25) is 0 Å². The average Bonchev–Trinajstić information content (AvgIpc) is 3.48. The van der Waals surface area contributed by atoms with Crippen molar-refractivity contribution in [3.8, 4) is 0 Å². The average molecular weight is 355 g/mol. The molecule has 0 bridgehead atoms. The molecule has 0 spiro atoms. The zero-order chi connectivity index (χ0) is 18.3. The number of pyridine rings is 1. The van der Waals surface area contributed by atoms with Gasteiger partial charge in [-0.2, -0.15) is 10.2 Å². The molecule has 6 aromatic rings. The van der Waals surface area contributed by atoms with Gasteiger partial charge in [-0.25, -0.2) is 19.0 Å². The minimum absolute atomic E-state index is 0.935. The van der Waals surface area contributed by atoms with Gasteiger partial charge in [0.25, 0.3) is 0 Å². The standard InChI is InChI=1S/2C7H6N2.C6H5N3/c1-3-7-4-2-6-9(7)8-5-1;1-2-6-9-7(3-1)4-5-8-9;1-2-7-5-9-4-3-8-6(1)9/h2*1-6H;1-5H. The van der Waals surface area contributed by atoms with E-state index in [1.165, 1.54) is 0 Å². The predicted octanol–water partition coefficient (Wildman–Crippen LogP) is 3.40. The SMILES string of the molecule is c1cc2nccn2cn1.c1ccn2nccc2c1.c1cnn2cccc2c1. The Hall–Kier alpha value is -4.00. The van der Waals surface area contributed by atoms with Crippen molar-refractivity contribution in [3.05, 3.63) is 104 Å². The van der Waals surface area contributed by atoms with E-state index in [0.717, 1.165) is 16.7 Å². The Bertz CT molecular complexity index is 1000. The number of aromatic nitrogens is 7. The highest BCUT2D eigenvalue weighted by Gasteiger charge is 1.87. The van der Waals surface area contributed by atoms with Crippen LogP contribution in [0.5, 0.6) is 0 Å². The van der Waals surface area contributed by atoms with Crippen molar-refractivity contribution in [2.24, 2.45) is 0 Å². The lowest BCUT2D eigenvalue weighted by molar-refractivity contribution is 0.941. The number of hydrogen-bond acceptors (Lipinski definition) is 4. The van der Waals surface area contributed by atoms with Crippen LogP contribution in [0.15, 0.2) is 104 Å². The molecule has 0 atom stereocenters. The number of imidazole rings is 1. The van der Waals surface area contributed by atoms with Crippen molar-refractivity contribution in [1.82, 2.24) is 33.6 Å². The van der Waals surface area contributed by atoms with E-state index in [1.807, 2.05) is 86.6 Å². The monoisotopic (exact) mass is 355 g/mol. The molecule has 0 saturated heterocycles. The summed E-state index contributed by atoms with van der Waals surface area (Å²) in [4.78, 5) is 7.95. The molecule has 0 saturated carbocycles. The number of rotatable bonds is 0.